The Hall–Kier alpha value is -3.87. The van der Waals surface area contributed by atoms with Gasteiger partial charge in [-0.05, 0) is 54.7 Å². The topological polar surface area (TPSA) is 59.1 Å². The molecule has 6 nitrogen and oxygen atoms in total. The van der Waals surface area contributed by atoms with Gasteiger partial charge in [-0.1, -0.05) is 66.7 Å². The highest BCUT2D eigenvalue weighted by atomic mass is 19.1. The predicted molar refractivity (Wildman–Crippen MR) is 139 cm³/mol. The number of fused-ring (bicyclic) bond motifs is 3. The second kappa shape index (κ2) is 9.54. The van der Waals surface area contributed by atoms with Crippen molar-refractivity contribution in [1.82, 2.24) is 9.80 Å². The van der Waals surface area contributed by atoms with E-state index in [0.717, 1.165) is 22.3 Å². The molecule has 2 aliphatic rings. The molecular formula is C30H31FN2O4. The van der Waals surface area contributed by atoms with Crippen LogP contribution in [0.15, 0.2) is 72.8 Å². The SMILES string of the molecule is COC(=O)N(C1c2ccccc2-c2ccccc21)C1CN(C(=O)OC(C)(C)C)CC1c1ccccc1F. The van der Waals surface area contributed by atoms with E-state index in [2.05, 4.69) is 0 Å². The van der Waals surface area contributed by atoms with Crippen LogP contribution in [0.2, 0.25) is 0 Å². The quantitative estimate of drug-likeness (QED) is 0.418. The molecule has 3 aromatic carbocycles. The van der Waals surface area contributed by atoms with Crippen LogP contribution in [-0.4, -0.2) is 53.8 Å². The normalized spacial score (nSPS) is 18.8. The van der Waals surface area contributed by atoms with E-state index in [1.165, 1.54) is 13.2 Å². The number of methoxy groups -OCH3 is 1. The van der Waals surface area contributed by atoms with Gasteiger partial charge < -0.3 is 14.4 Å². The summed E-state index contributed by atoms with van der Waals surface area (Å²) in [4.78, 5) is 29.9. The Balaban J connectivity index is 1.63. The van der Waals surface area contributed by atoms with Crippen molar-refractivity contribution in [2.45, 2.75) is 44.4 Å². The van der Waals surface area contributed by atoms with E-state index >= 15 is 4.39 Å². The van der Waals surface area contributed by atoms with Crippen LogP contribution in [0.25, 0.3) is 11.1 Å². The van der Waals surface area contributed by atoms with Crippen LogP contribution in [0.1, 0.15) is 49.4 Å². The molecule has 0 radical (unpaired) electrons. The minimum atomic E-state index is -0.686. The highest BCUT2D eigenvalue weighted by molar-refractivity contribution is 5.81. The number of nitrogens with zero attached hydrogens (tertiary/aromatic N) is 2. The number of likely N-dealkylation sites (tertiary alicyclic amines) is 1. The first-order valence-corrected chi connectivity index (χ1v) is 12.5. The van der Waals surface area contributed by atoms with Gasteiger partial charge in [0.05, 0.1) is 19.2 Å². The molecule has 3 aromatic rings. The van der Waals surface area contributed by atoms with Crippen molar-refractivity contribution < 1.29 is 23.5 Å². The first kappa shape index (κ1) is 24.8. The van der Waals surface area contributed by atoms with E-state index < -0.39 is 35.8 Å². The monoisotopic (exact) mass is 502 g/mol. The fourth-order valence-electron chi connectivity index (χ4n) is 5.59. The second-order valence-electron chi connectivity index (χ2n) is 10.5. The smallest absolute Gasteiger partial charge is 0.410 e. The number of amides is 2. The summed E-state index contributed by atoms with van der Waals surface area (Å²) in [5.74, 6) is -0.853. The van der Waals surface area contributed by atoms with Crippen LogP contribution in [0.5, 0.6) is 0 Å². The lowest BCUT2D eigenvalue weighted by Gasteiger charge is -2.37. The summed E-state index contributed by atoms with van der Waals surface area (Å²) in [5.41, 5.74) is 3.79. The van der Waals surface area contributed by atoms with Crippen LogP contribution in [-0.2, 0) is 9.47 Å². The van der Waals surface area contributed by atoms with Crippen LogP contribution >= 0.6 is 0 Å². The molecule has 0 spiro atoms. The van der Waals surface area contributed by atoms with Gasteiger partial charge in [0.15, 0.2) is 0 Å². The van der Waals surface area contributed by atoms with Gasteiger partial charge in [-0.15, -0.1) is 0 Å². The fraction of sp³-hybridized carbons (Fsp3) is 0.333. The third-order valence-corrected chi connectivity index (χ3v) is 7.07. The minimum absolute atomic E-state index is 0.184. The van der Waals surface area contributed by atoms with Gasteiger partial charge in [0, 0.05) is 19.0 Å². The van der Waals surface area contributed by atoms with Crippen molar-refractivity contribution in [3.63, 3.8) is 0 Å². The summed E-state index contributed by atoms with van der Waals surface area (Å²) >= 11 is 0. The average molecular weight is 503 g/mol. The van der Waals surface area contributed by atoms with Crippen molar-refractivity contribution in [3.8, 4) is 11.1 Å². The van der Waals surface area contributed by atoms with Gasteiger partial charge in [-0.25, -0.2) is 14.0 Å². The summed E-state index contributed by atoms with van der Waals surface area (Å²) < 4.78 is 26.1. The molecular weight excluding hydrogens is 471 g/mol. The third kappa shape index (κ3) is 4.54. The number of hydrogen-bond acceptors (Lipinski definition) is 4. The van der Waals surface area contributed by atoms with Crippen molar-refractivity contribution in [1.29, 1.82) is 0 Å². The number of hydrogen-bond donors (Lipinski definition) is 0. The molecule has 0 bridgehead atoms. The van der Waals surface area contributed by atoms with Gasteiger partial charge in [0.2, 0.25) is 0 Å². The summed E-state index contributed by atoms with van der Waals surface area (Å²) in [6.07, 6.45) is -1.03. The molecule has 2 amide bonds. The van der Waals surface area contributed by atoms with Gasteiger partial charge in [0.25, 0.3) is 0 Å². The molecule has 1 fully saturated rings. The molecule has 2 atom stereocenters. The first-order chi connectivity index (χ1) is 17.7. The summed E-state index contributed by atoms with van der Waals surface area (Å²) in [7, 11) is 1.35. The molecule has 192 valence electrons. The highest BCUT2D eigenvalue weighted by Gasteiger charge is 2.48. The standard InChI is InChI=1S/C30H31FN2O4/c1-30(2,3)37-28(34)32-17-24(21-13-9-10-16-25(21)31)26(18-32)33(29(35)36-4)27-22-14-7-5-11-19(22)20-12-6-8-15-23(20)27/h5-16,24,26-27H,17-18H2,1-4H3. The number of ether oxygens (including phenoxy) is 2. The van der Waals surface area contributed by atoms with Gasteiger partial charge in [-0.3, -0.25) is 4.90 Å². The second-order valence-corrected chi connectivity index (χ2v) is 10.5. The maximum atomic E-state index is 15.1. The predicted octanol–water partition coefficient (Wildman–Crippen LogP) is 6.37. The Kier molecular flexibility index (Phi) is 6.40. The molecule has 1 aliphatic carbocycles. The molecule has 2 unspecified atom stereocenters. The Morgan fingerprint density at radius 2 is 1.41 bits per heavy atom. The Morgan fingerprint density at radius 1 is 0.865 bits per heavy atom. The molecule has 1 aliphatic heterocycles. The van der Waals surface area contributed by atoms with Gasteiger partial charge >= 0.3 is 12.2 Å². The zero-order valence-corrected chi connectivity index (χ0v) is 21.5. The van der Waals surface area contributed by atoms with Crippen LogP contribution in [0, 0.1) is 5.82 Å². The Bertz CT molecular complexity index is 1290. The summed E-state index contributed by atoms with van der Waals surface area (Å²) in [5, 5.41) is 0. The molecule has 5 rings (SSSR count). The molecule has 37 heavy (non-hydrogen) atoms. The molecule has 0 N–H and O–H groups in total. The minimum Gasteiger partial charge on any atom is -0.453 e. The number of carbonyl (C=O) groups excluding carboxylic acids is 2. The maximum Gasteiger partial charge on any atom is 0.410 e. The largest absolute Gasteiger partial charge is 0.453 e. The Labute approximate surface area is 216 Å². The van der Waals surface area contributed by atoms with E-state index in [4.69, 9.17) is 9.47 Å². The lowest BCUT2D eigenvalue weighted by molar-refractivity contribution is 0.0271. The van der Waals surface area contributed by atoms with E-state index in [-0.39, 0.29) is 18.9 Å². The van der Waals surface area contributed by atoms with Gasteiger partial charge in [-0.2, -0.15) is 0 Å². The van der Waals surface area contributed by atoms with Crippen LogP contribution in [0.3, 0.4) is 0 Å². The zero-order chi connectivity index (χ0) is 26.3. The maximum absolute atomic E-state index is 15.1. The van der Waals surface area contributed by atoms with Crippen LogP contribution in [0.4, 0.5) is 14.0 Å². The lowest BCUT2D eigenvalue weighted by Crippen LogP contribution is -2.47. The molecule has 0 saturated carbocycles. The number of carbonyl (C=O) groups is 2. The number of benzene rings is 3. The molecule has 0 aromatic heterocycles. The zero-order valence-electron chi connectivity index (χ0n) is 21.5. The highest BCUT2D eigenvalue weighted by Crippen LogP contribution is 2.49. The van der Waals surface area contributed by atoms with E-state index in [1.807, 2.05) is 48.5 Å². The van der Waals surface area contributed by atoms with Crippen molar-refractivity contribution >= 4 is 12.2 Å². The van der Waals surface area contributed by atoms with Crippen molar-refractivity contribution in [2.75, 3.05) is 20.2 Å². The molecule has 1 saturated heterocycles. The molecule has 7 heteroatoms. The van der Waals surface area contributed by atoms with Crippen molar-refractivity contribution in [2.24, 2.45) is 0 Å². The lowest BCUT2D eigenvalue weighted by atomic mass is 9.90. The summed E-state index contributed by atoms with van der Waals surface area (Å²) in [6.45, 7) is 5.81. The summed E-state index contributed by atoms with van der Waals surface area (Å²) in [6, 6.07) is 21.5. The van der Waals surface area contributed by atoms with Crippen molar-refractivity contribution in [3.05, 3.63) is 95.3 Å². The van der Waals surface area contributed by atoms with E-state index in [0.29, 0.717) is 5.56 Å². The molecule has 1 heterocycles. The van der Waals surface area contributed by atoms with Crippen LogP contribution < -0.4 is 0 Å². The van der Waals surface area contributed by atoms with E-state index in [9.17, 15) is 9.59 Å². The first-order valence-electron chi connectivity index (χ1n) is 12.5. The number of halogens is 1. The Morgan fingerprint density at radius 3 is 1.95 bits per heavy atom. The third-order valence-electron chi connectivity index (χ3n) is 7.07. The average Bonchev–Trinajstić information content (AvgIpc) is 3.44. The van der Waals surface area contributed by atoms with E-state index in [1.54, 1.807) is 48.8 Å². The fourth-order valence-corrected chi connectivity index (χ4v) is 5.59. The number of rotatable bonds is 3. The van der Waals surface area contributed by atoms with Gasteiger partial charge in [0.1, 0.15) is 11.4 Å².